The van der Waals surface area contributed by atoms with Gasteiger partial charge in [0.25, 0.3) is 0 Å². The Morgan fingerprint density at radius 2 is 2.12 bits per heavy atom. The van der Waals surface area contributed by atoms with Crippen LogP contribution >= 0.6 is 11.3 Å². The molecule has 0 aliphatic heterocycles. The van der Waals surface area contributed by atoms with Crippen LogP contribution in [0.4, 0.5) is 5.13 Å². The predicted molar refractivity (Wildman–Crippen MR) is 68.0 cm³/mol. The van der Waals surface area contributed by atoms with Gasteiger partial charge in [-0.2, -0.15) is 0 Å². The maximum absolute atomic E-state index is 11.5. The van der Waals surface area contributed by atoms with Crippen molar-refractivity contribution in [2.24, 2.45) is 0 Å². The Bertz CT molecular complexity index is 341. The van der Waals surface area contributed by atoms with E-state index in [1.807, 2.05) is 13.8 Å². The average molecular weight is 241 g/mol. The SMILES string of the molecule is Cc1nc(NC(=O)CCNC(C)C)sc1C. The fourth-order valence-electron chi connectivity index (χ4n) is 1.18. The Morgan fingerprint density at radius 3 is 2.62 bits per heavy atom. The standard InChI is InChI=1S/C11H19N3OS/c1-7(2)12-6-5-10(15)14-11-13-8(3)9(4)16-11/h7,12H,5-6H2,1-4H3,(H,13,14,15). The zero-order valence-corrected chi connectivity index (χ0v) is 11.1. The number of nitrogens with zero attached hydrogens (tertiary/aromatic N) is 1. The van der Waals surface area contributed by atoms with E-state index >= 15 is 0 Å². The van der Waals surface area contributed by atoms with Crippen LogP contribution in [0.25, 0.3) is 0 Å². The molecule has 0 aliphatic rings. The van der Waals surface area contributed by atoms with Crippen molar-refractivity contribution in [3.63, 3.8) is 0 Å². The van der Waals surface area contributed by atoms with Gasteiger partial charge in [-0.3, -0.25) is 4.79 Å². The number of anilines is 1. The first-order chi connectivity index (χ1) is 7.49. The van der Waals surface area contributed by atoms with E-state index < -0.39 is 0 Å². The third-order valence-electron chi connectivity index (χ3n) is 2.18. The molecule has 4 nitrogen and oxygen atoms in total. The highest BCUT2D eigenvalue weighted by Crippen LogP contribution is 2.20. The van der Waals surface area contributed by atoms with Crippen molar-refractivity contribution in [2.75, 3.05) is 11.9 Å². The molecule has 16 heavy (non-hydrogen) atoms. The van der Waals surface area contributed by atoms with Gasteiger partial charge in [-0.05, 0) is 13.8 Å². The number of aryl methyl sites for hydroxylation is 2. The molecule has 0 radical (unpaired) electrons. The highest BCUT2D eigenvalue weighted by atomic mass is 32.1. The van der Waals surface area contributed by atoms with Gasteiger partial charge in [0, 0.05) is 23.9 Å². The monoisotopic (exact) mass is 241 g/mol. The molecule has 1 amide bonds. The number of nitrogens with one attached hydrogen (secondary N) is 2. The van der Waals surface area contributed by atoms with E-state index in [1.54, 1.807) is 0 Å². The van der Waals surface area contributed by atoms with Gasteiger partial charge in [0.15, 0.2) is 5.13 Å². The number of hydrogen-bond donors (Lipinski definition) is 2. The molecule has 0 saturated carbocycles. The average Bonchev–Trinajstić information content (AvgIpc) is 2.44. The summed E-state index contributed by atoms with van der Waals surface area (Å²) in [5.41, 5.74) is 0.987. The molecular formula is C11H19N3OS. The minimum Gasteiger partial charge on any atom is -0.314 e. The fourth-order valence-corrected chi connectivity index (χ4v) is 2.01. The van der Waals surface area contributed by atoms with E-state index in [4.69, 9.17) is 0 Å². The van der Waals surface area contributed by atoms with Crippen LogP contribution in [0.1, 0.15) is 30.8 Å². The summed E-state index contributed by atoms with van der Waals surface area (Å²) in [7, 11) is 0. The zero-order valence-electron chi connectivity index (χ0n) is 10.3. The Morgan fingerprint density at radius 1 is 1.44 bits per heavy atom. The summed E-state index contributed by atoms with van der Waals surface area (Å²) in [6.45, 7) is 8.77. The molecule has 0 unspecified atom stereocenters. The number of hydrogen-bond acceptors (Lipinski definition) is 4. The normalized spacial score (nSPS) is 10.8. The first-order valence-corrected chi connectivity index (χ1v) is 6.28. The minimum absolute atomic E-state index is 0.0156. The Balaban J connectivity index is 2.34. The molecule has 0 atom stereocenters. The van der Waals surface area contributed by atoms with Crippen LogP contribution in [0.3, 0.4) is 0 Å². The Kier molecular flexibility index (Phi) is 4.89. The second kappa shape index (κ2) is 5.96. The van der Waals surface area contributed by atoms with Crippen LogP contribution in [0.5, 0.6) is 0 Å². The van der Waals surface area contributed by atoms with Crippen molar-refractivity contribution in [1.29, 1.82) is 0 Å². The second-order valence-corrected chi connectivity index (χ2v) is 5.27. The van der Waals surface area contributed by atoms with Crippen LogP contribution in [-0.4, -0.2) is 23.5 Å². The number of aromatic nitrogens is 1. The Hall–Kier alpha value is -0.940. The van der Waals surface area contributed by atoms with Crippen LogP contribution in [0.15, 0.2) is 0 Å². The van der Waals surface area contributed by atoms with Gasteiger partial charge >= 0.3 is 0 Å². The first-order valence-electron chi connectivity index (χ1n) is 5.46. The predicted octanol–water partition coefficient (Wildman–Crippen LogP) is 2.09. The molecule has 1 aromatic rings. The van der Waals surface area contributed by atoms with E-state index in [1.165, 1.54) is 11.3 Å². The summed E-state index contributed by atoms with van der Waals surface area (Å²) in [5, 5.41) is 6.71. The molecular weight excluding hydrogens is 222 g/mol. The molecule has 0 spiro atoms. The number of thiazole rings is 1. The Labute approximate surface area is 100 Å². The van der Waals surface area contributed by atoms with E-state index in [-0.39, 0.29) is 5.91 Å². The molecule has 90 valence electrons. The molecule has 0 fully saturated rings. The molecule has 0 saturated heterocycles. The van der Waals surface area contributed by atoms with Crippen LogP contribution in [0, 0.1) is 13.8 Å². The lowest BCUT2D eigenvalue weighted by atomic mass is 10.3. The topological polar surface area (TPSA) is 54.0 Å². The molecule has 1 aromatic heterocycles. The van der Waals surface area contributed by atoms with E-state index in [0.29, 0.717) is 24.1 Å². The van der Waals surface area contributed by atoms with Crippen molar-refractivity contribution < 1.29 is 4.79 Å². The number of amides is 1. The van der Waals surface area contributed by atoms with Crippen LogP contribution < -0.4 is 10.6 Å². The van der Waals surface area contributed by atoms with Crippen molar-refractivity contribution in [1.82, 2.24) is 10.3 Å². The number of carbonyl (C=O) groups is 1. The molecule has 2 N–H and O–H groups in total. The van der Waals surface area contributed by atoms with Crippen molar-refractivity contribution in [3.8, 4) is 0 Å². The molecule has 0 aliphatic carbocycles. The lowest BCUT2D eigenvalue weighted by Crippen LogP contribution is -2.27. The quantitative estimate of drug-likeness (QED) is 0.830. The highest BCUT2D eigenvalue weighted by Gasteiger charge is 2.07. The number of carbonyl (C=O) groups excluding carboxylic acids is 1. The van der Waals surface area contributed by atoms with E-state index in [2.05, 4.69) is 29.5 Å². The van der Waals surface area contributed by atoms with Gasteiger partial charge in [0.1, 0.15) is 0 Å². The zero-order chi connectivity index (χ0) is 12.1. The third kappa shape index (κ3) is 4.28. The summed E-state index contributed by atoms with van der Waals surface area (Å²) in [5.74, 6) is 0.0156. The van der Waals surface area contributed by atoms with Crippen molar-refractivity contribution in [2.45, 2.75) is 40.2 Å². The van der Waals surface area contributed by atoms with Gasteiger partial charge in [0.2, 0.25) is 5.91 Å². The maximum Gasteiger partial charge on any atom is 0.227 e. The second-order valence-electron chi connectivity index (χ2n) is 4.07. The van der Waals surface area contributed by atoms with Gasteiger partial charge in [-0.1, -0.05) is 13.8 Å². The van der Waals surface area contributed by atoms with E-state index in [0.717, 1.165) is 10.6 Å². The summed E-state index contributed by atoms with van der Waals surface area (Å²) < 4.78 is 0. The summed E-state index contributed by atoms with van der Waals surface area (Å²) >= 11 is 1.52. The first kappa shape index (κ1) is 13.1. The largest absolute Gasteiger partial charge is 0.314 e. The summed E-state index contributed by atoms with van der Waals surface area (Å²) in [6, 6.07) is 0.414. The van der Waals surface area contributed by atoms with Gasteiger partial charge in [-0.15, -0.1) is 11.3 Å². The molecule has 0 bridgehead atoms. The maximum atomic E-state index is 11.5. The molecule has 0 aromatic carbocycles. The third-order valence-corrected chi connectivity index (χ3v) is 3.17. The summed E-state index contributed by atoms with van der Waals surface area (Å²) in [6.07, 6.45) is 0.482. The van der Waals surface area contributed by atoms with Crippen LogP contribution in [0.2, 0.25) is 0 Å². The molecule has 5 heteroatoms. The lowest BCUT2D eigenvalue weighted by Gasteiger charge is -2.06. The van der Waals surface area contributed by atoms with Crippen molar-refractivity contribution >= 4 is 22.4 Å². The highest BCUT2D eigenvalue weighted by molar-refractivity contribution is 7.15. The molecule has 1 heterocycles. The number of rotatable bonds is 5. The van der Waals surface area contributed by atoms with Gasteiger partial charge in [0.05, 0.1) is 5.69 Å². The van der Waals surface area contributed by atoms with Crippen LogP contribution in [-0.2, 0) is 4.79 Å². The smallest absolute Gasteiger partial charge is 0.227 e. The molecule has 1 rings (SSSR count). The fraction of sp³-hybridized carbons (Fsp3) is 0.636. The van der Waals surface area contributed by atoms with Gasteiger partial charge in [-0.25, -0.2) is 4.98 Å². The van der Waals surface area contributed by atoms with Crippen molar-refractivity contribution in [3.05, 3.63) is 10.6 Å². The van der Waals surface area contributed by atoms with E-state index in [9.17, 15) is 4.79 Å². The summed E-state index contributed by atoms with van der Waals surface area (Å²) in [4.78, 5) is 16.9. The lowest BCUT2D eigenvalue weighted by molar-refractivity contribution is -0.116. The minimum atomic E-state index is 0.0156. The van der Waals surface area contributed by atoms with Gasteiger partial charge < -0.3 is 10.6 Å².